The SMILES string of the molecule is COC(=O)Nc1cc(Cl)ccc1-c1cc(=O)n(CC(=O)NCc2c[nH][nH]2)c(C)n1. The zero-order valence-electron chi connectivity index (χ0n) is 15.7. The van der Waals surface area contributed by atoms with Crippen LogP contribution in [0.5, 0.6) is 0 Å². The lowest BCUT2D eigenvalue weighted by Crippen LogP contribution is -2.34. The van der Waals surface area contributed by atoms with E-state index in [2.05, 4.69) is 30.6 Å². The van der Waals surface area contributed by atoms with Crippen molar-refractivity contribution >= 4 is 29.3 Å². The fourth-order valence-corrected chi connectivity index (χ4v) is 2.79. The number of ether oxygens (including phenoxy) is 1. The molecular formula is C18H19ClN6O4. The van der Waals surface area contributed by atoms with Gasteiger partial charge in [-0.2, -0.15) is 0 Å². The quantitative estimate of drug-likeness (QED) is 0.486. The Hall–Kier alpha value is -3.53. The summed E-state index contributed by atoms with van der Waals surface area (Å²) in [6.45, 7) is 1.80. The molecule has 0 fully saturated rings. The minimum atomic E-state index is -0.679. The molecule has 0 aliphatic heterocycles. The molecule has 2 amide bonds. The van der Waals surface area contributed by atoms with Gasteiger partial charge >= 0.3 is 6.09 Å². The third-order valence-electron chi connectivity index (χ3n) is 4.14. The number of methoxy groups -OCH3 is 1. The van der Waals surface area contributed by atoms with Crippen LogP contribution in [0.15, 0.2) is 35.3 Å². The maximum atomic E-state index is 12.6. The highest BCUT2D eigenvalue weighted by molar-refractivity contribution is 6.31. The summed E-state index contributed by atoms with van der Waals surface area (Å²) in [5, 5.41) is 11.2. The average Bonchev–Trinajstić information content (AvgIpc) is 2.63. The summed E-state index contributed by atoms with van der Waals surface area (Å²) < 4.78 is 5.88. The van der Waals surface area contributed by atoms with E-state index in [-0.39, 0.29) is 12.5 Å². The van der Waals surface area contributed by atoms with Gasteiger partial charge in [0.25, 0.3) is 5.56 Å². The summed E-state index contributed by atoms with van der Waals surface area (Å²) >= 11 is 6.01. The Bertz CT molecular complexity index is 1090. The number of aromatic amines is 2. The van der Waals surface area contributed by atoms with Crippen LogP contribution in [0, 0.1) is 6.92 Å². The molecule has 0 atom stereocenters. The smallest absolute Gasteiger partial charge is 0.411 e. The van der Waals surface area contributed by atoms with E-state index in [1.165, 1.54) is 23.8 Å². The number of hydrogen-bond donors (Lipinski definition) is 4. The number of H-pyrrole nitrogens is 2. The van der Waals surface area contributed by atoms with Gasteiger partial charge in [-0.05, 0) is 25.1 Å². The van der Waals surface area contributed by atoms with Gasteiger partial charge < -0.3 is 20.3 Å². The molecule has 10 nitrogen and oxygen atoms in total. The van der Waals surface area contributed by atoms with Crippen LogP contribution in [0.4, 0.5) is 10.5 Å². The van der Waals surface area contributed by atoms with Crippen LogP contribution in [-0.4, -0.2) is 38.9 Å². The Balaban J connectivity index is 1.85. The van der Waals surface area contributed by atoms with Crippen LogP contribution in [0.2, 0.25) is 5.02 Å². The molecule has 0 aliphatic rings. The van der Waals surface area contributed by atoms with Crippen molar-refractivity contribution in [3.05, 3.63) is 57.4 Å². The molecule has 3 aromatic rings. The Kier molecular flexibility index (Phi) is 6.03. The Morgan fingerprint density at radius 1 is 1.31 bits per heavy atom. The molecule has 11 heteroatoms. The van der Waals surface area contributed by atoms with Crippen LogP contribution in [-0.2, 0) is 22.6 Å². The second-order valence-electron chi connectivity index (χ2n) is 6.14. The fourth-order valence-electron chi connectivity index (χ4n) is 2.62. The summed E-state index contributed by atoms with van der Waals surface area (Å²) in [5.41, 5.74) is 1.61. The summed E-state index contributed by atoms with van der Waals surface area (Å²) in [6.07, 6.45) is 1.04. The monoisotopic (exact) mass is 418 g/mol. The minimum Gasteiger partial charge on any atom is -0.453 e. The van der Waals surface area contributed by atoms with Gasteiger partial charge in [-0.3, -0.25) is 19.5 Å². The molecule has 2 aromatic heterocycles. The molecule has 4 N–H and O–H groups in total. The molecule has 0 radical (unpaired) electrons. The van der Waals surface area contributed by atoms with Crippen LogP contribution in [0.3, 0.4) is 0 Å². The van der Waals surface area contributed by atoms with Gasteiger partial charge in [0.2, 0.25) is 5.91 Å². The Labute approximate surface area is 170 Å². The van der Waals surface area contributed by atoms with Crippen LogP contribution in [0.1, 0.15) is 11.5 Å². The molecule has 0 unspecified atom stereocenters. The Morgan fingerprint density at radius 2 is 2.07 bits per heavy atom. The van der Waals surface area contributed by atoms with Crippen molar-refractivity contribution in [1.82, 2.24) is 25.1 Å². The number of aromatic nitrogens is 4. The van der Waals surface area contributed by atoms with E-state index in [0.717, 1.165) is 5.69 Å². The van der Waals surface area contributed by atoms with E-state index in [1.807, 2.05) is 0 Å². The maximum Gasteiger partial charge on any atom is 0.411 e. The van der Waals surface area contributed by atoms with Gasteiger partial charge in [-0.1, -0.05) is 11.6 Å². The first-order valence-electron chi connectivity index (χ1n) is 8.58. The molecule has 0 aliphatic carbocycles. The largest absolute Gasteiger partial charge is 0.453 e. The number of halogens is 1. The molecule has 1 aromatic carbocycles. The second-order valence-corrected chi connectivity index (χ2v) is 6.57. The first-order valence-corrected chi connectivity index (χ1v) is 8.96. The fraction of sp³-hybridized carbons (Fsp3) is 0.222. The second kappa shape index (κ2) is 8.65. The van der Waals surface area contributed by atoms with Gasteiger partial charge in [0.1, 0.15) is 12.4 Å². The van der Waals surface area contributed by atoms with Crippen molar-refractivity contribution in [3.63, 3.8) is 0 Å². The number of nitrogens with one attached hydrogen (secondary N) is 4. The normalized spacial score (nSPS) is 10.6. The molecular weight excluding hydrogens is 400 g/mol. The number of nitrogens with zero attached hydrogens (tertiary/aromatic N) is 2. The van der Waals surface area contributed by atoms with Crippen molar-refractivity contribution in [2.45, 2.75) is 20.0 Å². The standard InChI is InChI=1S/C18H19ClN6O4/c1-10-22-15(13-4-3-11(19)5-14(13)23-18(28)29-2)6-17(27)25(10)9-16(26)20-7-12-8-21-24-12/h3-6,8,21,24H,7,9H2,1-2H3,(H,20,26)(H,23,28). The summed E-state index contributed by atoms with van der Waals surface area (Å²) in [5.74, 6) is 0.0307. The summed E-state index contributed by atoms with van der Waals surface area (Å²) in [7, 11) is 1.24. The topological polar surface area (TPSA) is 134 Å². The molecule has 29 heavy (non-hydrogen) atoms. The zero-order chi connectivity index (χ0) is 21.0. The molecule has 0 saturated carbocycles. The van der Waals surface area contributed by atoms with Gasteiger partial charge in [0, 0.05) is 22.8 Å². The molecule has 2 heterocycles. The van der Waals surface area contributed by atoms with Gasteiger partial charge in [-0.15, -0.1) is 0 Å². The van der Waals surface area contributed by atoms with Crippen LogP contribution in [0.25, 0.3) is 11.3 Å². The first-order chi connectivity index (χ1) is 13.9. The van der Waals surface area contributed by atoms with Gasteiger partial charge in [0.15, 0.2) is 0 Å². The molecule has 0 spiro atoms. The van der Waals surface area contributed by atoms with Crippen molar-refractivity contribution < 1.29 is 14.3 Å². The summed E-state index contributed by atoms with van der Waals surface area (Å²) in [6, 6.07) is 6.08. The summed E-state index contributed by atoms with van der Waals surface area (Å²) in [4.78, 5) is 40.7. The molecule has 0 bridgehead atoms. The third-order valence-corrected chi connectivity index (χ3v) is 4.37. The van der Waals surface area contributed by atoms with E-state index in [4.69, 9.17) is 11.6 Å². The molecule has 3 rings (SSSR count). The number of carbonyl (C=O) groups excluding carboxylic acids is 2. The average molecular weight is 419 g/mol. The van der Waals surface area contributed by atoms with Crippen molar-refractivity contribution in [2.75, 3.05) is 12.4 Å². The number of amides is 2. The Morgan fingerprint density at radius 3 is 2.69 bits per heavy atom. The van der Waals surface area contributed by atoms with E-state index >= 15 is 0 Å². The van der Waals surface area contributed by atoms with Crippen molar-refractivity contribution in [1.29, 1.82) is 0 Å². The number of aryl methyl sites for hydroxylation is 1. The van der Waals surface area contributed by atoms with Gasteiger partial charge in [-0.25, -0.2) is 9.78 Å². The van der Waals surface area contributed by atoms with E-state index in [1.54, 1.807) is 25.3 Å². The first kappa shape index (κ1) is 20.2. The van der Waals surface area contributed by atoms with Crippen LogP contribution >= 0.6 is 11.6 Å². The number of hydrogen-bond acceptors (Lipinski definition) is 5. The lowest BCUT2D eigenvalue weighted by Gasteiger charge is -2.14. The molecule has 152 valence electrons. The lowest BCUT2D eigenvalue weighted by molar-refractivity contribution is -0.121. The highest BCUT2D eigenvalue weighted by Gasteiger charge is 2.15. The minimum absolute atomic E-state index is 0.160. The predicted octanol–water partition coefficient (Wildman–Crippen LogP) is 2.02. The van der Waals surface area contributed by atoms with Crippen molar-refractivity contribution in [3.8, 4) is 11.3 Å². The number of rotatable bonds is 6. The highest BCUT2D eigenvalue weighted by atomic mass is 35.5. The number of carbonyl (C=O) groups is 2. The van der Waals surface area contributed by atoms with Crippen LogP contribution < -0.4 is 16.2 Å². The van der Waals surface area contributed by atoms with E-state index in [9.17, 15) is 14.4 Å². The van der Waals surface area contributed by atoms with Gasteiger partial charge in [0.05, 0.1) is 30.7 Å². The van der Waals surface area contributed by atoms with E-state index < -0.39 is 11.7 Å². The molecule has 0 saturated heterocycles. The predicted molar refractivity (Wildman–Crippen MR) is 107 cm³/mol. The van der Waals surface area contributed by atoms with Crippen molar-refractivity contribution in [2.24, 2.45) is 0 Å². The lowest BCUT2D eigenvalue weighted by atomic mass is 10.1. The maximum absolute atomic E-state index is 12.6. The van der Waals surface area contributed by atoms with E-state index in [0.29, 0.717) is 34.3 Å². The zero-order valence-corrected chi connectivity index (χ0v) is 16.5. The number of benzene rings is 1. The number of anilines is 1. The third kappa shape index (κ3) is 4.85. The highest BCUT2D eigenvalue weighted by Crippen LogP contribution is 2.29.